The van der Waals surface area contributed by atoms with E-state index >= 15 is 0 Å². The molecule has 1 fully saturated rings. The lowest BCUT2D eigenvalue weighted by molar-refractivity contribution is -0.122. The maximum atomic E-state index is 12.9. The number of benzene rings is 1. The quantitative estimate of drug-likeness (QED) is 0.829. The van der Waals surface area contributed by atoms with Gasteiger partial charge in [0.1, 0.15) is 15.7 Å². The molecule has 0 saturated heterocycles. The fraction of sp³-hybridized carbons (Fsp3) is 0.588. The zero-order valence-electron chi connectivity index (χ0n) is 13.6. The average molecular weight is 341 g/mol. The van der Waals surface area contributed by atoms with Gasteiger partial charge in [0.15, 0.2) is 0 Å². The van der Waals surface area contributed by atoms with Crippen molar-refractivity contribution < 1.29 is 17.6 Å². The number of sulfone groups is 1. The molecule has 4 nitrogen and oxygen atoms in total. The third-order valence-corrected chi connectivity index (χ3v) is 5.71. The Kier molecular flexibility index (Phi) is 5.45. The van der Waals surface area contributed by atoms with Gasteiger partial charge in [-0.15, -0.1) is 0 Å². The Labute approximate surface area is 137 Å². The normalized spacial score (nSPS) is 18.0. The SMILES string of the molecule is C[C@H](CC(=O)NCC1(CS(C)(=O)=O)CCC1)c1ccc(F)cc1. The summed E-state index contributed by atoms with van der Waals surface area (Å²) in [6.07, 6.45) is 4.24. The molecule has 2 rings (SSSR count). The van der Waals surface area contributed by atoms with Crippen molar-refractivity contribution in [2.75, 3.05) is 18.6 Å². The van der Waals surface area contributed by atoms with E-state index in [9.17, 15) is 17.6 Å². The Bertz CT molecular complexity index is 651. The van der Waals surface area contributed by atoms with Crippen LogP contribution in [-0.4, -0.2) is 32.9 Å². The van der Waals surface area contributed by atoms with Gasteiger partial charge in [0.05, 0.1) is 5.75 Å². The highest BCUT2D eigenvalue weighted by molar-refractivity contribution is 7.90. The first-order valence-electron chi connectivity index (χ1n) is 7.89. The minimum atomic E-state index is -3.05. The van der Waals surface area contributed by atoms with E-state index in [0.717, 1.165) is 24.8 Å². The van der Waals surface area contributed by atoms with Gasteiger partial charge in [-0.3, -0.25) is 4.79 Å². The van der Waals surface area contributed by atoms with Crippen molar-refractivity contribution in [3.8, 4) is 0 Å². The fourth-order valence-electron chi connectivity index (χ4n) is 3.15. The van der Waals surface area contributed by atoms with Crippen LogP contribution in [0, 0.1) is 11.2 Å². The van der Waals surface area contributed by atoms with E-state index in [2.05, 4.69) is 5.32 Å². The lowest BCUT2D eigenvalue weighted by Gasteiger charge is -2.41. The molecule has 1 saturated carbocycles. The highest BCUT2D eigenvalue weighted by Gasteiger charge is 2.40. The smallest absolute Gasteiger partial charge is 0.220 e. The van der Waals surface area contributed by atoms with Crippen molar-refractivity contribution in [3.05, 3.63) is 35.6 Å². The summed E-state index contributed by atoms with van der Waals surface area (Å²) in [6, 6.07) is 6.15. The van der Waals surface area contributed by atoms with Gasteiger partial charge in [0.2, 0.25) is 5.91 Å². The van der Waals surface area contributed by atoms with E-state index in [-0.39, 0.29) is 28.8 Å². The minimum Gasteiger partial charge on any atom is -0.355 e. The molecule has 1 atom stereocenters. The van der Waals surface area contributed by atoms with Gasteiger partial charge in [-0.1, -0.05) is 25.5 Å². The van der Waals surface area contributed by atoms with Gasteiger partial charge in [0.25, 0.3) is 0 Å². The first kappa shape index (κ1) is 17.9. The molecule has 128 valence electrons. The fourth-order valence-corrected chi connectivity index (χ4v) is 4.65. The van der Waals surface area contributed by atoms with Crippen LogP contribution in [-0.2, 0) is 14.6 Å². The lowest BCUT2D eigenvalue weighted by atomic mass is 9.70. The average Bonchev–Trinajstić information content (AvgIpc) is 2.41. The van der Waals surface area contributed by atoms with E-state index in [1.165, 1.54) is 18.4 Å². The maximum absolute atomic E-state index is 12.9. The molecular formula is C17H24FNO3S. The van der Waals surface area contributed by atoms with Crippen molar-refractivity contribution in [3.63, 3.8) is 0 Å². The van der Waals surface area contributed by atoms with Gasteiger partial charge in [-0.25, -0.2) is 12.8 Å². The molecule has 23 heavy (non-hydrogen) atoms. The first-order chi connectivity index (χ1) is 10.7. The molecule has 0 aliphatic heterocycles. The highest BCUT2D eigenvalue weighted by Crippen LogP contribution is 2.41. The van der Waals surface area contributed by atoms with Gasteiger partial charge in [-0.2, -0.15) is 0 Å². The second-order valence-electron chi connectivity index (χ2n) is 6.86. The summed E-state index contributed by atoms with van der Waals surface area (Å²) in [5.74, 6) is -0.268. The summed E-state index contributed by atoms with van der Waals surface area (Å²) in [6.45, 7) is 2.33. The zero-order chi connectivity index (χ0) is 17.1. The van der Waals surface area contributed by atoms with E-state index in [0.29, 0.717) is 13.0 Å². The third kappa shape index (κ3) is 5.30. The maximum Gasteiger partial charge on any atom is 0.220 e. The lowest BCUT2D eigenvalue weighted by Crippen LogP contribution is -2.46. The predicted octanol–water partition coefficient (Wildman–Crippen LogP) is 2.65. The van der Waals surface area contributed by atoms with E-state index in [4.69, 9.17) is 0 Å². The molecule has 0 unspecified atom stereocenters. The van der Waals surface area contributed by atoms with Crippen molar-refractivity contribution in [2.24, 2.45) is 5.41 Å². The summed E-state index contributed by atoms with van der Waals surface area (Å²) in [5.41, 5.74) is 0.624. The number of nitrogens with one attached hydrogen (secondary N) is 1. The summed E-state index contributed by atoms with van der Waals surface area (Å²) in [5, 5.41) is 2.88. The molecule has 0 radical (unpaired) electrons. The van der Waals surface area contributed by atoms with E-state index in [1.807, 2.05) is 6.92 Å². The number of halogens is 1. The molecule has 6 heteroatoms. The summed E-state index contributed by atoms with van der Waals surface area (Å²) >= 11 is 0. The summed E-state index contributed by atoms with van der Waals surface area (Å²) in [7, 11) is -3.05. The largest absolute Gasteiger partial charge is 0.355 e. The monoisotopic (exact) mass is 341 g/mol. The molecular weight excluding hydrogens is 317 g/mol. The van der Waals surface area contributed by atoms with Crippen molar-refractivity contribution in [1.82, 2.24) is 5.32 Å². The Balaban J connectivity index is 1.86. The van der Waals surface area contributed by atoms with Crippen molar-refractivity contribution in [2.45, 2.75) is 38.5 Å². The predicted molar refractivity (Wildman–Crippen MR) is 88.4 cm³/mol. The van der Waals surface area contributed by atoms with Crippen molar-refractivity contribution in [1.29, 1.82) is 0 Å². The number of carbonyl (C=O) groups is 1. The zero-order valence-corrected chi connectivity index (χ0v) is 14.5. The molecule has 1 aromatic rings. The van der Waals surface area contributed by atoms with Crippen LogP contribution in [0.2, 0.25) is 0 Å². The number of hydrogen-bond acceptors (Lipinski definition) is 3. The van der Waals surface area contributed by atoms with Gasteiger partial charge >= 0.3 is 0 Å². The molecule has 1 N–H and O–H groups in total. The Morgan fingerprint density at radius 3 is 2.39 bits per heavy atom. The van der Waals surface area contributed by atoms with Gasteiger partial charge < -0.3 is 5.32 Å². The first-order valence-corrected chi connectivity index (χ1v) is 9.95. The number of hydrogen-bond donors (Lipinski definition) is 1. The van der Waals surface area contributed by atoms with Crippen LogP contribution in [0.25, 0.3) is 0 Å². The Morgan fingerprint density at radius 2 is 1.91 bits per heavy atom. The third-order valence-electron chi connectivity index (χ3n) is 4.57. The van der Waals surface area contributed by atoms with Crippen LogP contribution in [0.3, 0.4) is 0 Å². The molecule has 0 spiro atoms. The second-order valence-corrected chi connectivity index (χ2v) is 9.00. The molecule has 1 aliphatic carbocycles. The van der Waals surface area contributed by atoms with Crippen LogP contribution in [0.4, 0.5) is 4.39 Å². The molecule has 1 amide bonds. The summed E-state index contributed by atoms with van der Waals surface area (Å²) < 4.78 is 36.0. The Hall–Kier alpha value is -1.43. The van der Waals surface area contributed by atoms with Gasteiger partial charge in [0, 0.05) is 24.6 Å². The molecule has 0 heterocycles. The topological polar surface area (TPSA) is 63.2 Å². The second kappa shape index (κ2) is 6.99. The molecule has 1 aliphatic rings. The van der Waals surface area contributed by atoms with Crippen LogP contribution >= 0.6 is 0 Å². The molecule has 0 bridgehead atoms. The van der Waals surface area contributed by atoms with Crippen molar-refractivity contribution >= 4 is 15.7 Å². The molecule has 0 aromatic heterocycles. The van der Waals surface area contributed by atoms with Crippen LogP contribution in [0.1, 0.15) is 44.1 Å². The number of carbonyl (C=O) groups excluding carboxylic acids is 1. The van der Waals surface area contributed by atoms with Crippen LogP contribution < -0.4 is 5.32 Å². The van der Waals surface area contributed by atoms with Gasteiger partial charge in [-0.05, 0) is 36.5 Å². The number of rotatable bonds is 7. The molecule has 1 aromatic carbocycles. The Morgan fingerprint density at radius 1 is 1.30 bits per heavy atom. The standard InChI is InChI=1S/C17H24FNO3S/c1-13(14-4-6-15(18)7-5-14)10-16(20)19-11-17(8-3-9-17)12-23(2,21)22/h4-7,13H,3,8-12H2,1-2H3,(H,19,20)/t13-/m1/s1. The minimum absolute atomic E-state index is 0.0113. The van der Waals surface area contributed by atoms with Crippen LogP contribution in [0.5, 0.6) is 0 Å². The van der Waals surface area contributed by atoms with Crippen LogP contribution in [0.15, 0.2) is 24.3 Å². The van der Waals surface area contributed by atoms with E-state index in [1.54, 1.807) is 12.1 Å². The van der Waals surface area contributed by atoms with E-state index < -0.39 is 9.84 Å². The highest BCUT2D eigenvalue weighted by atomic mass is 32.2. The summed E-state index contributed by atoms with van der Waals surface area (Å²) in [4.78, 5) is 12.1. The number of amides is 1.